The van der Waals surface area contributed by atoms with Gasteiger partial charge in [-0.1, -0.05) is 35.9 Å². The van der Waals surface area contributed by atoms with Crippen molar-refractivity contribution in [3.63, 3.8) is 0 Å². The third-order valence-corrected chi connectivity index (χ3v) is 4.08. The van der Waals surface area contributed by atoms with Gasteiger partial charge in [0.1, 0.15) is 6.17 Å². The molecule has 0 fully saturated rings. The second-order valence-electron chi connectivity index (χ2n) is 4.14. The maximum Gasteiger partial charge on any atom is 0.183 e. The summed E-state index contributed by atoms with van der Waals surface area (Å²) in [4.78, 5) is 7.24. The summed E-state index contributed by atoms with van der Waals surface area (Å²) in [5.41, 5.74) is 8.60. The lowest BCUT2D eigenvalue weighted by atomic mass is 10.0. The first-order valence-corrected chi connectivity index (χ1v) is 6.82. The number of nitrogens with two attached hydrogens (primary N) is 1. The lowest BCUT2D eigenvalue weighted by Crippen LogP contribution is -2.32. The molecule has 3 nitrogen and oxygen atoms in total. The first-order chi connectivity index (χ1) is 8.74. The maximum atomic E-state index is 6.27. The number of thiazole rings is 1. The second kappa shape index (κ2) is 4.72. The maximum absolute atomic E-state index is 6.27. The van der Waals surface area contributed by atoms with Crippen LogP contribution >= 0.6 is 22.9 Å². The molecule has 0 saturated carbocycles. The van der Waals surface area contributed by atoms with Gasteiger partial charge in [0, 0.05) is 17.3 Å². The van der Waals surface area contributed by atoms with E-state index in [1.807, 2.05) is 18.3 Å². The van der Waals surface area contributed by atoms with Crippen LogP contribution in [0.4, 0.5) is 0 Å². The number of nitrogens with zero attached hydrogens (tertiary/aromatic N) is 2. The zero-order valence-corrected chi connectivity index (χ0v) is 11.2. The summed E-state index contributed by atoms with van der Waals surface area (Å²) in [5.74, 6) is 0. The van der Waals surface area contributed by atoms with Crippen molar-refractivity contribution in [1.82, 2.24) is 9.88 Å². The normalized spacial score (nSPS) is 17.9. The molecule has 2 N–H and O–H groups in total. The molecule has 1 aromatic heterocycles. The number of hydrogen-bond donors (Lipinski definition) is 1. The van der Waals surface area contributed by atoms with Crippen LogP contribution in [0.5, 0.6) is 0 Å². The minimum atomic E-state index is -0.118. The van der Waals surface area contributed by atoms with Crippen LogP contribution in [0.2, 0.25) is 4.47 Å². The van der Waals surface area contributed by atoms with Gasteiger partial charge in [-0.05, 0) is 17.2 Å². The highest BCUT2D eigenvalue weighted by atomic mass is 35.5. The van der Waals surface area contributed by atoms with Crippen molar-refractivity contribution in [2.75, 3.05) is 0 Å². The minimum Gasteiger partial charge on any atom is -0.353 e. The summed E-state index contributed by atoms with van der Waals surface area (Å²) < 4.78 is 0.569. The summed E-state index contributed by atoms with van der Waals surface area (Å²) in [7, 11) is 0. The van der Waals surface area contributed by atoms with E-state index >= 15 is 0 Å². The topological polar surface area (TPSA) is 42.1 Å². The average Bonchev–Trinajstić information content (AvgIpc) is 2.79. The third kappa shape index (κ3) is 2.14. The van der Waals surface area contributed by atoms with Crippen LogP contribution in [0.1, 0.15) is 22.2 Å². The van der Waals surface area contributed by atoms with Crippen LogP contribution in [0.25, 0.3) is 6.08 Å². The van der Waals surface area contributed by atoms with Crippen molar-refractivity contribution in [3.8, 4) is 0 Å². The number of rotatable bonds is 2. The second-order valence-corrected chi connectivity index (χ2v) is 5.84. The molecule has 1 aliphatic heterocycles. The number of halogens is 1. The van der Waals surface area contributed by atoms with Gasteiger partial charge in [-0.3, -0.25) is 0 Å². The highest BCUT2D eigenvalue weighted by molar-refractivity contribution is 7.15. The van der Waals surface area contributed by atoms with Gasteiger partial charge in [0.25, 0.3) is 0 Å². The minimum absolute atomic E-state index is 0.118. The molecule has 92 valence electrons. The van der Waals surface area contributed by atoms with Crippen molar-refractivity contribution >= 4 is 29.0 Å². The molecule has 2 aromatic rings. The van der Waals surface area contributed by atoms with Crippen LogP contribution in [0.15, 0.2) is 36.7 Å². The van der Waals surface area contributed by atoms with Crippen LogP contribution in [-0.4, -0.2) is 9.88 Å². The molecule has 18 heavy (non-hydrogen) atoms. The Morgan fingerprint density at radius 1 is 1.39 bits per heavy atom. The van der Waals surface area contributed by atoms with E-state index in [1.165, 1.54) is 16.9 Å². The Hall–Kier alpha value is -1.36. The molecule has 0 radical (unpaired) electrons. The van der Waals surface area contributed by atoms with Crippen LogP contribution in [-0.2, 0) is 6.54 Å². The Morgan fingerprint density at radius 3 is 3.00 bits per heavy atom. The highest BCUT2D eigenvalue weighted by Gasteiger charge is 2.19. The zero-order chi connectivity index (χ0) is 12.5. The van der Waals surface area contributed by atoms with Crippen LogP contribution in [0.3, 0.4) is 0 Å². The Morgan fingerprint density at radius 2 is 2.22 bits per heavy atom. The van der Waals surface area contributed by atoms with Gasteiger partial charge in [0.2, 0.25) is 0 Å². The summed E-state index contributed by atoms with van der Waals surface area (Å²) in [6.45, 7) is 0.733. The molecule has 1 aromatic carbocycles. The van der Waals surface area contributed by atoms with E-state index in [9.17, 15) is 0 Å². The quantitative estimate of drug-likeness (QED) is 0.916. The highest BCUT2D eigenvalue weighted by Crippen LogP contribution is 2.29. The van der Waals surface area contributed by atoms with Gasteiger partial charge in [0.15, 0.2) is 4.47 Å². The molecule has 0 spiro atoms. The molecular weight excluding hydrogens is 266 g/mol. The van der Waals surface area contributed by atoms with E-state index in [0.717, 1.165) is 17.0 Å². The summed E-state index contributed by atoms with van der Waals surface area (Å²) in [6, 6.07) is 8.18. The lowest BCUT2D eigenvalue weighted by Gasteiger charge is -2.31. The Bertz CT molecular complexity index is 593. The van der Waals surface area contributed by atoms with Crippen molar-refractivity contribution < 1.29 is 0 Å². The number of hydrogen-bond acceptors (Lipinski definition) is 4. The first kappa shape index (κ1) is 11.7. The molecule has 0 saturated heterocycles. The van der Waals surface area contributed by atoms with Crippen molar-refractivity contribution in [2.45, 2.75) is 12.7 Å². The Kier molecular flexibility index (Phi) is 3.07. The third-order valence-electron chi connectivity index (χ3n) is 2.98. The van der Waals surface area contributed by atoms with Crippen molar-refractivity contribution in [2.24, 2.45) is 5.73 Å². The predicted molar refractivity (Wildman–Crippen MR) is 75.1 cm³/mol. The van der Waals surface area contributed by atoms with E-state index in [0.29, 0.717) is 4.47 Å². The Labute approximate surface area is 115 Å². The molecule has 2 heterocycles. The van der Waals surface area contributed by atoms with E-state index in [4.69, 9.17) is 17.3 Å². The Balaban J connectivity index is 1.84. The van der Waals surface area contributed by atoms with E-state index in [-0.39, 0.29) is 6.17 Å². The molecule has 0 bridgehead atoms. The van der Waals surface area contributed by atoms with Crippen molar-refractivity contribution in [3.05, 3.63) is 57.1 Å². The fraction of sp³-hybridized carbons (Fsp3) is 0.154. The van der Waals surface area contributed by atoms with Crippen LogP contribution < -0.4 is 5.73 Å². The molecule has 5 heteroatoms. The molecule has 0 aliphatic carbocycles. The van der Waals surface area contributed by atoms with E-state index < -0.39 is 0 Å². The number of benzene rings is 1. The van der Waals surface area contributed by atoms with Gasteiger partial charge >= 0.3 is 0 Å². The average molecular weight is 278 g/mol. The number of fused-ring (bicyclic) bond motifs is 1. The van der Waals surface area contributed by atoms with E-state index in [1.54, 1.807) is 6.20 Å². The summed E-state index contributed by atoms with van der Waals surface area (Å²) >= 11 is 7.32. The molecule has 0 amide bonds. The van der Waals surface area contributed by atoms with Crippen molar-refractivity contribution in [1.29, 1.82) is 0 Å². The van der Waals surface area contributed by atoms with Gasteiger partial charge in [-0.25, -0.2) is 4.98 Å². The molecular formula is C13H12ClN3S. The molecule has 1 unspecified atom stereocenters. The molecule has 1 atom stereocenters. The largest absolute Gasteiger partial charge is 0.353 e. The summed E-state index contributed by atoms with van der Waals surface area (Å²) in [6.07, 6.45) is 5.79. The predicted octanol–water partition coefficient (Wildman–Crippen LogP) is 3.24. The summed E-state index contributed by atoms with van der Waals surface area (Å²) in [5, 5.41) is 0. The molecule has 1 aliphatic rings. The zero-order valence-electron chi connectivity index (χ0n) is 9.58. The monoisotopic (exact) mass is 277 g/mol. The first-order valence-electron chi connectivity index (χ1n) is 5.63. The van der Waals surface area contributed by atoms with Gasteiger partial charge < -0.3 is 10.6 Å². The SMILES string of the molecule is NC1c2ccccc2C=CN1Cc1cnc(Cl)s1. The lowest BCUT2D eigenvalue weighted by molar-refractivity contribution is 0.278. The van der Waals surface area contributed by atoms with Crippen LogP contribution in [0, 0.1) is 0 Å². The smallest absolute Gasteiger partial charge is 0.183 e. The fourth-order valence-corrected chi connectivity index (χ4v) is 3.05. The van der Waals surface area contributed by atoms with E-state index in [2.05, 4.69) is 28.1 Å². The fourth-order valence-electron chi connectivity index (χ4n) is 2.07. The standard InChI is InChI=1S/C13H12ClN3S/c14-13-16-7-10(18-13)8-17-6-5-9-3-1-2-4-11(9)12(17)15/h1-7,12H,8,15H2. The molecule has 3 rings (SSSR count). The van der Waals surface area contributed by atoms with Gasteiger partial charge in [0.05, 0.1) is 6.54 Å². The van der Waals surface area contributed by atoms with Gasteiger partial charge in [-0.15, -0.1) is 11.3 Å². The van der Waals surface area contributed by atoms with Gasteiger partial charge in [-0.2, -0.15) is 0 Å². The number of aromatic nitrogens is 1.